The Morgan fingerprint density at radius 1 is 1.09 bits per heavy atom. The van der Waals surface area contributed by atoms with Crippen LogP contribution in [-0.2, 0) is 11.4 Å². The molecule has 3 aromatic carbocycles. The van der Waals surface area contributed by atoms with Gasteiger partial charge in [0.25, 0.3) is 5.91 Å². The third-order valence-electron chi connectivity index (χ3n) is 4.62. The van der Waals surface area contributed by atoms with Crippen molar-refractivity contribution in [3.8, 4) is 11.5 Å². The Kier molecular flexibility index (Phi) is 7.75. The van der Waals surface area contributed by atoms with E-state index in [0.717, 1.165) is 27.0 Å². The first-order chi connectivity index (χ1) is 16.0. The molecule has 1 aliphatic heterocycles. The average Bonchev–Trinajstić information content (AvgIpc) is 3.14. The molecule has 0 unspecified atom stereocenters. The van der Waals surface area contributed by atoms with Gasteiger partial charge in [0, 0.05) is 10.6 Å². The molecule has 0 aliphatic carbocycles. The van der Waals surface area contributed by atoms with Crippen LogP contribution >= 0.6 is 39.3 Å². The van der Waals surface area contributed by atoms with Crippen LogP contribution in [0, 0.1) is 0 Å². The van der Waals surface area contributed by atoms with E-state index < -0.39 is 0 Å². The first kappa shape index (κ1) is 23.4. The Balaban J connectivity index is 1.43. The number of benzene rings is 3. The molecular weight excluding hydrogens is 524 g/mol. The third-order valence-corrected chi connectivity index (χ3v) is 6.52. The number of thioether (sulfide) groups is 1. The van der Waals surface area contributed by atoms with Gasteiger partial charge in [0.15, 0.2) is 5.17 Å². The quantitative estimate of drug-likeness (QED) is 0.327. The van der Waals surface area contributed by atoms with E-state index in [4.69, 9.17) is 21.1 Å². The number of nitrogens with one attached hydrogen (secondary N) is 1. The van der Waals surface area contributed by atoms with Crippen molar-refractivity contribution in [1.82, 2.24) is 5.32 Å². The number of hydrogen-bond acceptors (Lipinski definition) is 5. The molecule has 0 saturated carbocycles. The summed E-state index contributed by atoms with van der Waals surface area (Å²) < 4.78 is 12.1. The molecule has 33 heavy (non-hydrogen) atoms. The van der Waals surface area contributed by atoms with Gasteiger partial charge >= 0.3 is 0 Å². The van der Waals surface area contributed by atoms with Crippen LogP contribution in [0.2, 0.25) is 5.02 Å². The van der Waals surface area contributed by atoms with E-state index in [1.54, 1.807) is 0 Å². The zero-order valence-corrected chi connectivity index (χ0v) is 20.8. The fraction of sp³-hybridized carbons (Fsp3) is 0.120. The number of aliphatic imine (C=N–C) groups is 1. The molecule has 0 atom stereocenters. The SMILES string of the molecule is CCOc1ccc(N=C2NC(=O)/C(=C\c3ccc(OCc4ccccc4Cl)c(Br)c3)S2)cc1. The van der Waals surface area contributed by atoms with E-state index in [0.29, 0.717) is 34.1 Å². The van der Waals surface area contributed by atoms with E-state index in [1.165, 1.54) is 11.8 Å². The van der Waals surface area contributed by atoms with Crippen molar-refractivity contribution in [2.45, 2.75) is 13.5 Å². The predicted octanol–water partition coefficient (Wildman–Crippen LogP) is 6.97. The van der Waals surface area contributed by atoms with Crippen molar-refractivity contribution in [3.05, 3.63) is 92.3 Å². The molecule has 1 aliphatic rings. The molecule has 0 radical (unpaired) electrons. The highest BCUT2D eigenvalue weighted by atomic mass is 79.9. The second-order valence-corrected chi connectivity index (χ2v) is 9.27. The summed E-state index contributed by atoms with van der Waals surface area (Å²) in [5.74, 6) is 1.30. The summed E-state index contributed by atoms with van der Waals surface area (Å²) >= 11 is 11.0. The van der Waals surface area contributed by atoms with Crippen molar-refractivity contribution in [1.29, 1.82) is 0 Å². The molecule has 3 aromatic rings. The standard InChI is InChI=1S/C25H20BrClN2O3S/c1-2-31-19-10-8-18(9-11-19)28-25-29-24(30)23(33-25)14-16-7-12-22(20(26)13-16)32-15-17-5-3-4-6-21(17)27/h3-14H,2,15H2,1H3,(H,28,29,30)/b23-14+. The van der Waals surface area contributed by atoms with Crippen molar-refractivity contribution < 1.29 is 14.3 Å². The molecule has 168 valence electrons. The number of halogens is 2. The van der Waals surface area contributed by atoms with Gasteiger partial charge in [-0.15, -0.1) is 0 Å². The summed E-state index contributed by atoms with van der Waals surface area (Å²) in [7, 11) is 0. The van der Waals surface area contributed by atoms with Crippen LogP contribution in [0.4, 0.5) is 5.69 Å². The van der Waals surface area contributed by atoms with Gasteiger partial charge in [-0.3, -0.25) is 4.79 Å². The molecule has 1 heterocycles. The highest BCUT2D eigenvalue weighted by Crippen LogP contribution is 2.32. The molecule has 0 aromatic heterocycles. The zero-order chi connectivity index (χ0) is 23.2. The molecule has 4 rings (SSSR count). The lowest BCUT2D eigenvalue weighted by molar-refractivity contribution is -0.115. The zero-order valence-electron chi connectivity index (χ0n) is 17.7. The molecule has 0 spiro atoms. The lowest BCUT2D eigenvalue weighted by atomic mass is 10.2. The number of amides is 1. The number of rotatable bonds is 7. The second-order valence-electron chi connectivity index (χ2n) is 6.98. The number of hydrogen-bond donors (Lipinski definition) is 1. The summed E-state index contributed by atoms with van der Waals surface area (Å²) in [5.41, 5.74) is 2.52. The maximum Gasteiger partial charge on any atom is 0.264 e. The Bertz CT molecular complexity index is 1230. The highest BCUT2D eigenvalue weighted by molar-refractivity contribution is 9.10. The van der Waals surface area contributed by atoms with Crippen LogP contribution in [0.15, 0.2) is 81.1 Å². The summed E-state index contributed by atoms with van der Waals surface area (Å²) in [6.07, 6.45) is 1.82. The number of nitrogens with zero attached hydrogens (tertiary/aromatic N) is 1. The topological polar surface area (TPSA) is 59.9 Å². The minimum absolute atomic E-state index is 0.181. The van der Waals surface area contributed by atoms with Crippen molar-refractivity contribution in [3.63, 3.8) is 0 Å². The summed E-state index contributed by atoms with van der Waals surface area (Å²) in [5, 5.41) is 4.01. The van der Waals surface area contributed by atoms with E-state index in [2.05, 4.69) is 26.2 Å². The first-order valence-electron chi connectivity index (χ1n) is 10.2. The van der Waals surface area contributed by atoms with E-state index in [1.807, 2.05) is 79.7 Å². The molecule has 1 amide bonds. The lowest BCUT2D eigenvalue weighted by Gasteiger charge is -2.10. The number of carbonyl (C=O) groups excluding carboxylic acids is 1. The van der Waals surface area contributed by atoms with E-state index in [-0.39, 0.29) is 5.91 Å². The van der Waals surface area contributed by atoms with Crippen molar-refractivity contribution >= 4 is 62.1 Å². The summed E-state index contributed by atoms with van der Waals surface area (Å²) in [6.45, 7) is 2.91. The number of carbonyl (C=O) groups is 1. The van der Waals surface area contributed by atoms with Crippen LogP contribution < -0.4 is 14.8 Å². The lowest BCUT2D eigenvalue weighted by Crippen LogP contribution is -2.19. The number of ether oxygens (including phenoxy) is 2. The Morgan fingerprint density at radius 2 is 1.88 bits per heavy atom. The molecule has 1 fully saturated rings. The van der Waals surface area contributed by atoms with Gasteiger partial charge < -0.3 is 14.8 Å². The maximum atomic E-state index is 12.4. The van der Waals surface area contributed by atoms with Gasteiger partial charge in [-0.2, -0.15) is 0 Å². The van der Waals surface area contributed by atoms with Crippen molar-refractivity contribution in [2.75, 3.05) is 6.61 Å². The van der Waals surface area contributed by atoms with Gasteiger partial charge in [0.1, 0.15) is 18.1 Å². The van der Waals surface area contributed by atoms with Crippen LogP contribution in [0.1, 0.15) is 18.1 Å². The monoisotopic (exact) mass is 542 g/mol. The van der Waals surface area contributed by atoms with Crippen molar-refractivity contribution in [2.24, 2.45) is 4.99 Å². The average molecular weight is 544 g/mol. The first-order valence-corrected chi connectivity index (χ1v) is 12.2. The minimum Gasteiger partial charge on any atom is -0.494 e. The molecular formula is C25H20BrClN2O3S. The second kappa shape index (κ2) is 10.9. The van der Waals surface area contributed by atoms with Crippen LogP contribution in [0.25, 0.3) is 6.08 Å². The molecule has 1 N–H and O–H groups in total. The summed E-state index contributed by atoms with van der Waals surface area (Å²) in [6, 6.07) is 20.7. The smallest absolute Gasteiger partial charge is 0.264 e. The van der Waals surface area contributed by atoms with Crippen LogP contribution in [0.5, 0.6) is 11.5 Å². The largest absolute Gasteiger partial charge is 0.494 e. The fourth-order valence-electron chi connectivity index (χ4n) is 3.03. The summed E-state index contributed by atoms with van der Waals surface area (Å²) in [4.78, 5) is 17.5. The Hall–Kier alpha value is -2.74. The molecule has 8 heteroatoms. The maximum absolute atomic E-state index is 12.4. The molecule has 5 nitrogen and oxygen atoms in total. The van der Waals surface area contributed by atoms with Crippen LogP contribution in [0.3, 0.4) is 0 Å². The van der Waals surface area contributed by atoms with Gasteiger partial charge in [-0.05, 0) is 88.7 Å². The van der Waals surface area contributed by atoms with Gasteiger partial charge in [0.2, 0.25) is 0 Å². The van der Waals surface area contributed by atoms with Crippen LogP contribution in [-0.4, -0.2) is 17.7 Å². The molecule has 1 saturated heterocycles. The fourth-order valence-corrected chi connectivity index (χ4v) is 4.57. The number of amidine groups is 1. The Labute approximate surface area is 210 Å². The predicted molar refractivity (Wildman–Crippen MR) is 138 cm³/mol. The minimum atomic E-state index is -0.181. The van der Waals surface area contributed by atoms with Gasteiger partial charge in [-0.25, -0.2) is 4.99 Å². The Morgan fingerprint density at radius 3 is 2.61 bits per heavy atom. The van der Waals surface area contributed by atoms with Gasteiger partial charge in [0.05, 0.1) is 21.7 Å². The third kappa shape index (κ3) is 6.19. The highest BCUT2D eigenvalue weighted by Gasteiger charge is 2.24. The van der Waals surface area contributed by atoms with E-state index in [9.17, 15) is 4.79 Å². The normalized spacial score (nSPS) is 15.7. The molecule has 0 bridgehead atoms. The van der Waals surface area contributed by atoms with Gasteiger partial charge in [-0.1, -0.05) is 35.9 Å². The van der Waals surface area contributed by atoms with E-state index >= 15 is 0 Å².